The summed E-state index contributed by atoms with van der Waals surface area (Å²) in [5.74, 6) is 0.231. The maximum Gasteiger partial charge on any atom is 0.178 e. The van der Waals surface area contributed by atoms with Gasteiger partial charge in [-0.25, -0.2) is 0 Å². The zero-order valence-corrected chi connectivity index (χ0v) is 11.6. The van der Waals surface area contributed by atoms with Gasteiger partial charge in [0.25, 0.3) is 0 Å². The van der Waals surface area contributed by atoms with Gasteiger partial charge in [0, 0.05) is 50.7 Å². The maximum atomic E-state index is 12.1. The van der Waals surface area contributed by atoms with E-state index in [1.807, 2.05) is 30.1 Å². The molecular weight excluding hydrogens is 226 g/mol. The second-order valence-electron chi connectivity index (χ2n) is 5.27. The summed E-state index contributed by atoms with van der Waals surface area (Å²) in [4.78, 5) is 16.8. The summed E-state index contributed by atoms with van der Waals surface area (Å²) in [7, 11) is 4.12. The molecule has 1 aromatic heterocycles. The fourth-order valence-electron chi connectivity index (χ4n) is 2.56. The number of aromatic nitrogens is 1. The van der Waals surface area contributed by atoms with Crippen LogP contribution in [-0.2, 0) is 7.05 Å². The number of piperazine rings is 1. The van der Waals surface area contributed by atoms with Crippen molar-refractivity contribution in [3.8, 4) is 0 Å². The number of carbonyl (C=O) groups is 1. The molecule has 0 N–H and O–H groups in total. The van der Waals surface area contributed by atoms with Gasteiger partial charge in [-0.15, -0.1) is 0 Å². The molecule has 1 aliphatic heterocycles. The summed E-state index contributed by atoms with van der Waals surface area (Å²) in [5.41, 5.74) is 0.824. The molecule has 2 rings (SSSR count). The van der Waals surface area contributed by atoms with Crippen molar-refractivity contribution in [3.63, 3.8) is 0 Å². The summed E-state index contributed by atoms with van der Waals surface area (Å²) in [6.07, 6.45) is 4.97. The van der Waals surface area contributed by atoms with E-state index in [0.717, 1.165) is 31.6 Å². The Kier molecular flexibility index (Phi) is 4.19. The first kappa shape index (κ1) is 13.3. The Morgan fingerprint density at radius 1 is 1.39 bits per heavy atom. The van der Waals surface area contributed by atoms with Crippen molar-refractivity contribution < 1.29 is 4.79 Å². The molecule has 0 saturated carbocycles. The van der Waals surface area contributed by atoms with Crippen LogP contribution in [0.5, 0.6) is 0 Å². The first-order valence-corrected chi connectivity index (χ1v) is 6.68. The molecule has 4 heteroatoms. The molecule has 4 nitrogen and oxygen atoms in total. The first-order chi connectivity index (χ1) is 8.60. The van der Waals surface area contributed by atoms with Gasteiger partial charge in [-0.1, -0.05) is 6.92 Å². The summed E-state index contributed by atoms with van der Waals surface area (Å²) in [6, 6.07) is 2.48. The second kappa shape index (κ2) is 5.67. The molecule has 0 aliphatic carbocycles. The normalized spacial score (nSPS) is 22.3. The Bertz CT molecular complexity index is 413. The van der Waals surface area contributed by atoms with Gasteiger partial charge in [-0.3, -0.25) is 9.69 Å². The van der Waals surface area contributed by atoms with Gasteiger partial charge in [-0.2, -0.15) is 0 Å². The molecule has 1 saturated heterocycles. The minimum atomic E-state index is 0.231. The van der Waals surface area contributed by atoms with Crippen LogP contribution in [0.4, 0.5) is 0 Å². The van der Waals surface area contributed by atoms with E-state index in [0.29, 0.717) is 12.6 Å². The molecule has 18 heavy (non-hydrogen) atoms. The van der Waals surface area contributed by atoms with Crippen LogP contribution in [0, 0.1) is 0 Å². The lowest BCUT2D eigenvalue weighted by atomic mass is 10.1. The van der Waals surface area contributed by atoms with Crippen LogP contribution in [0.3, 0.4) is 0 Å². The molecule has 0 radical (unpaired) electrons. The standard InChI is InChI=1S/C14H23N3O/c1-4-13-10-17(8-7-16(13)3)11-14(18)12-5-6-15(2)9-12/h5-6,9,13H,4,7-8,10-11H2,1-3H3. The van der Waals surface area contributed by atoms with Crippen LogP contribution in [0.25, 0.3) is 0 Å². The maximum absolute atomic E-state index is 12.1. The predicted molar refractivity (Wildman–Crippen MR) is 72.9 cm³/mol. The quantitative estimate of drug-likeness (QED) is 0.752. The van der Waals surface area contributed by atoms with Crippen molar-refractivity contribution in [3.05, 3.63) is 24.0 Å². The number of aryl methyl sites for hydroxylation is 1. The van der Waals surface area contributed by atoms with Gasteiger partial charge in [0.15, 0.2) is 5.78 Å². The summed E-state index contributed by atoms with van der Waals surface area (Å²) >= 11 is 0. The number of carbonyl (C=O) groups excluding carboxylic acids is 1. The smallest absolute Gasteiger partial charge is 0.178 e. The summed E-state index contributed by atoms with van der Waals surface area (Å²) in [6.45, 7) is 5.82. The predicted octanol–water partition coefficient (Wildman–Crippen LogP) is 1.23. The zero-order valence-electron chi connectivity index (χ0n) is 11.6. The molecule has 1 atom stereocenters. The zero-order chi connectivity index (χ0) is 13.1. The van der Waals surface area contributed by atoms with Crippen LogP contribution >= 0.6 is 0 Å². The lowest BCUT2D eigenvalue weighted by molar-refractivity contribution is 0.0743. The molecular formula is C14H23N3O. The van der Waals surface area contributed by atoms with E-state index in [1.54, 1.807) is 0 Å². The topological polar surface area (TPSA) is 28.5 Å². The molecule has 2 heterocycles. The minimum absolute atomic E-state index is 0.231. The third-order valence-electron chi connectivity index (χ3n) is 3.85. The summed E-state index contributed by atoms with van der Waals surface area (Å²) < 4.78 is 1.92. The van der Waals surface area contributed by atoms with E-state index in [9.17, 15) is 4.79 Å². The number of hydrogen-bond acceptors (Lipinski definition) is 3. The van der Waals surface area contributed by atoms with Crippen LogP contribution in [0.1, 0.15) is 23.7 Å². The minimum Gasteiger partial charge on any atom is -0.357 e. The fourth-order valence-corrected chi connectivity index (χ4v) is 2.56. The van der Waals surface area contributed by atoms with Crippen molar-refractivity contribution in [2.75, 3.05) is 33.2 Å². The third kappa shape index (κ3) is 3.00. The molecule has 1 fully saturated rings. The van der Waals surface area contributed by atoms with Gasteiger partial charge in [-0.05, 0) is 19.5 Å². The van der Waals surface area contributed by atoms with Crippen molar-refractivity contribution in [1.82, 2.24) is 14.4 Å². The monoisotopic (exact) mass is 249 g/mol. The number of nitrogens with zero attached hydrogens (tertiary/aromatic N) is 3. The first-order valence-electron chi connectivity index (χ1n) is 6.68. The highest BCUT2D eigenvalue weighted by atomic mass is 16.1. The highest BCUT2D eigenvalue weighted by Gasteiger charge is 2.24. The SMILES string of the molecule is CCC1CN(CC(=O)c2ccn(C)c2)CCN1C. The number of likely N-dealkylation sites (N-methyl/N-ethyl adjacent to an activating group) is 1. The summed E-state index contributed by atoms with van der Waals surface area (Å²) in [5, 5.41) is 0. The molecule has 0 amide bonds. The Balaban J connectivity index is 1.92. The second-order valence-corrected chi connectivity index (χ2v) is 5.27. The number of ketones is 1. The van der Waals surface area contributed by atoms with Gasteiger partial charge < -0.3 is 9.47 Å². The lowest BCUT2D eigenvalue weighted by Crippen LogP contribution is -2.52. The molecule has 0 spiro atoms. The Hall–Kier alpha value is -1.13. The number of Topliss-reactive ketones (excluding diaryl/α,β-unsaturated/α-hetero) is 1. The molecule has 0 aromatic carbocycles. The number of hydrogen-bond donors (Lipinski definition) is 0. The molecule has 100 valence electrons. The van der Waals surface area contributed by atoms with Crippen LogP contribution in [-0.4, -0.2) is 59.4 Å². The van der Waals surface area contributed by atoms with Crippen LogP contribution < -0.4 is 0 Å². The average molecular weight is 249 g/mol. The van der Waals surface area contributed by atoms with Gasteiger partial charge >= 0.3 is 0 Å². The molecule has 1 aromatic rings. The van der Waals surface area contributed by atoms with Gasteiger partial charge in [0.1, 0.15) is 0 Å². The number of rotatable bonds is 4. The Morgan fingerprint density at radius 2 is 2.17 bits per heavy atom. The van der Waals surface area contributed by atoms with E-state index < -0.39 is 0 Å². The third-order valence-corrected chi connectivity index (χ3v) is 3.85. The van der Waals surface area contributed by atoms with Crippen molar-refractivity contribution in [2.24, 2.45) is 7.05 Å². The molecule has 1 unspecified atom stereocenters. The van der Waals surface area contributed by atoms with Gasteiger partial charge in [0.05, 0.1) is 6.54 Å². The van der Waals surface area contributed by atoms with Crippen LogP contribution in [0.15, 0.2) is 18.5 Å². The van der Waals surface area contributed by atoms with E-state index >= 15 is 0 Å². The van der Waals surface area contributed by atoms with Crippen LogP contribution in [0.2, 0.25) is 0 Å². The van der Waals surface area contributed by atoms with E-state index in [-0.39, 0.29) is 5.78 Å². The van der Waals surface area contributed by atoms with Crippen molar-refractivity contribution >= 4 is 5.78 Å². The largest absolute Gasteiger partial charge is 0.357 e. The van der Waals surface area contributed by atoms with Gasteiger partial charge in [0.2, 0.25) is 0 Å². The Labute approximate surface area is 109 Å². The fraction of sp³-hybridized carbons (Fsp3) is 0.643. The van der Waals surface area contributed by atoms with E-state index in [1.165, 1.54) is 0 Å². The van der Waals surface area contributed by atoms with E-state index in [2.05, 4.69) is 23.8 Å². The van der Waals surface area contributed by atoms with Crippen molar-refractivity contribution in [1.29, 1.82) is 0 Å². The highest BCUT2D eigenvalue weighted by molar-refractivity contribution is 5.97. The Morgan fingerprint density at radius 3 is 2.78 bits per heavy atom. The lowest BCUT2D eigenvalue weighted by Gasteiger charge is -2.38. The van der Waals surface area contributed by atoms with Crippen molar-refractivity contribution in [2.45, 2.75) is 19.4 Å². The van der Waals surface area contributed by atoms with E-state index in [4.69, 9.17) is 0 Å². The average Bonchev–Trinajstić information content (AvgIpc) is 2.78. The highest BCUT2D eigenvalue weighted by Crippen LogP contribution is 2.11. The molecule has 0 bridgehead atoms. The molecule has 1 aliphatic rings.